The fourth-order valence-corrected chi connectivity index (χ4v) is 9.83. The first-order valence-corrected chi connectivity index (χ1v) is 16.8. The molecule has 6 aliphatic rings. The molecule has 0 aromatic heterocycles. The van der Waals surface area contributed by atoms with Crippen LogP contribution in [0.3, 0.4) is 0 Å². The Morgan fingerprint density at radius 1 is 0.579 bits per heavy atom. The number of hydrogen-bond acceptors (Lipinski definition) is 6. The summed E-state index contributed by atoms with van der Waals surface area (Å²) in [5.74, 6) is 6.20. The van der Waals surface area contributed by atoms with Gasteiger partial charge in [0.05, 0.1) is 0 Å². The zero-order valence-electron chi connectivity index (χ0n) is 25.2. The average Bonchev–Trinajstić information content (AvgIpc) is 3.60. The van der Waals surface area contributed by atoms with E-state index in [1.807, 2.05) is 0 Å². The Morgan fingerprint density at radius 2 is 1.21 bits per heavy atom. The molecule has 0 radical (unpaired) electrons. The summed E-state index contributed by atoms with van der Waals surface area (Å²) in [6.07, 6.45) is 8.32. The van der Waals surface area contributed by atoms with Gasteiger partial charge < -0.3 is 30.7 Å². The minimum Gasteiger partial charge on any atom is -0.316 e. The van der Waals surface area contributed by atoms with E-state index in [-0.39, 0.29) is 0 Å². The smallest absolute Gasteiger partial charge is 0.0154 e. The maximum Gasteiger partial charge on any atom is 0.0154 e. The molecule has 38 heavy (non-hydrogen) atoms. The topological polar surface area (TPSA) is 45.8 Å². The minimum absolute atomic E-state index is 0.692. The summed E-state index contributed by atoms with van der Waals surface area (Å²) in [4.78, 5) is 8.54. The maximum atomic E-state index is 4.11. The van der Waals surface area contributed by atoms with Crippen LogP contribution in [0.25, 0.3) is 0 Å². The van der Waals surface area contributed by atoms with Crippen LogP contribution in [0.1, 0.15) is 66.2 Å². The third-order valence-corrected chi connectivity index (χ3v) is 12.5. The van der Waals surface area contributed by atoms with Gasteiger partial charge in [-0.25, -0.2) is 0 Å². The Labute approximate surface area is 234 Å². The molecule has 3 N–H and O–H groups in total. The van der Waals surface area contributed by atoms with Gasteiger partial charge in [-0.3, -0.25) is 0 Å². The van der Waals surface area contributed by atoms with Crippen molar-refractivity contribution in [3.63, 3.8) is 0 Å². The van der Waals surface area contributed by atoms with Crippen LogP contribution in [-0.4, -0.2) is 111 Å². The molecule has 6 saturated heterocycles. The van der Waals surface area contributed by atoms with Gasteiger partial charge in [0.2, 0.25) is 0 Å². The molecular formula is C32H60N6. The van der Waals surface area contributed by atoms with E-state index in [9.17, 15) is 0 Å². The number of piperidine rings is 1. The molecule has 6 aliphatic heterocycles. The lowest BCUT2D eigenvalue weighted by Gasteiger charge is -2.42. The second-order valence-corrected chi connectivity index (χ2v) is 14.8. The van der Waals surface area contributed by atoms with Crippen LogP contribution in [0.5, 0.6) is 0 Å². The van der Waals surface area contributed by atoms with Crippen LogP contribution >= 0.6 is 0 Å². The van der Waals surface area contributed by atoms with Crippen molar-refractivity contribution in [1.29, 1.82) is 0 Å². The lowest BCUT2D eigenvalue weighted by atomic mass is 9.71. The molecule has 0 amide bonds. The van der Waals surface area contributed by atoms with Gasteiger partial charge in [0.25, 0.3) is 0 Å². The molecule has 10 unspecified atom stereocenters. The Morgan fingerprint density at radius 3 is 1.95 bits per heavy atom. The van der Waals surface area contributed by atoms with Crippen LogP contribution in [0, 0.1) is 41.4 Å². The number of likely N-dealkylation sites (tertiary alicyclic amines) is 3. The molecule has 6 rings (SSSR count). The van der Waals surface area contributed by atoms with Gasteiger partial charge in [-0.2, -0.15) is 0 Å². The molecule has 6 heterocycles. The summed E-state index contributed by atoms with van der Waals surface area (Å²) < 4.78 is 0. The lowest BCUT2D eigenvalue weighted by molar-refractivity contribution is 0.123. The molecular weight excluding hydrogens is 468 g/mol. The Kier molecular flexibility index (Phi) is 9.05. The third kappa shape index (κ3) is 5.87. The van der Waals surface area contributed by atoms with E-state index in [4.69, 9.17) is 0 Å². The molecule has 6 fully saturated rings. The van der Waals surface area contributed by atoms with E-state index in [0.29, 0.717) is 12.1 Å². The normalized spacial score (nSPS) is 42.9. The van der Waals surface area contributed by atoms with Crippen molar-refractivity contribution in [3.8, 4) is 0 Å². The van der Waals surface area contributed by atoms with Crippen LogP contribution in [0.2, 0.25) is 0 Å². The predicted octanol–water partition coefficient (Wildman–Crippen LogP) is 2.95. The Bertz CT molecular complexity index is 746. The van der Waals surface area contributed by atoms with E-state index >= 15 is 0 Å². The molecule has 0 saturated carbocycles. The standard InChI is InChI=1S/C32H60N6/c1-22(2)37-18-28-8-12-35-32(31(28)21-37)29-17-33-11-7-27-19-38(20-30(27)29)24(4)6-5-23(3)36-13-9-25-15-34-16-26(25)10-14-36/h22-35H,5-21H2,1-4H3. The fourth-order valence-electron chi connectivity index (χ4n) is 9.83. The summed E-state index contributed by atoms with van der Waals surface area (Å²) in [6, 6.07) is 2.87. The second-order valence-electron chi connectivity index (χ2n) is 14.8. The number of nitrogens with one attached hydrogen (secondary N) is 3. The number of nitrogens with zero attached hydrogens (tertiary/aromatic N) is 3. The summed E-state index contributed by atoms with van der Waals surface area (Å²) in [7, 11) is 0. The van der Waals surface area contributed by atoms with E-state index in [2.05, 4.69) is 58.3 Å². The highest BCUT2D eigenvalue weighted by Crippen LogP contribution is 2.42. The highest BCUT2D eigenvalue weighted by molar-refractivity contribution is 5.04. The first kappa shape index (κ1) is 27.9. The van der Waals surface area contributed by atoms with Crippen molar-refractivity contribution in [3.05, 3.63) is 0 Å². The van der Waals surface area contributed by atoms with Gasteiger partial charge in [-0.05, 0) is 153 Å². The highest BCUT2D eigenvalue weighted by Gasteiger charge is 2.49. The zero-order valence-corrected chi connectivity index (χ0v) is 25.2. The Hall–Kier alpha value is -0.240. The molecule has 6 nitrogen and oxygen atoms in total. The van der Waals surface area contributed by atoms with Crippen LogP contribution in [0.4, 0.5) is 0 Å². The summed E-state index contributed by atoms with van der Waals surface area (Å²) in [5, 5.41) is 11.6. The summed E-state index contributed by atoms with van der Waals surface area (Å²) in [6.45, 7) is 24.1. The van der Waals surface area contributed by atoms with Crippen molar-refractivity contribution in [1.82, 2.24) is 30.7 Å². The van der Waals surface area contributed by atoms with Crippen LogP contribution in [-0.2, 0) is 0 Å². The number of hydrogen-bond donors (Lipinski definition) is 3. The minimum atomic E-state index is 0.692. The lowest BCUT2D eigenvalue weighted by Crippen LogP contribution is -2.54. The SMILES string of the molecule is CC(C)N1CC2CCNC(C3CNCCC4CN(C(C)CCC(C)N5CCC6CNCC6CC5)CC43)C2C1. The van der Waals surface area contributed by atoms with Gasteiger partial charge in [-0.15, -0.1) is 0 Å². The van der Waals surface area contributed by atoms with Crippen LogP contribution in [0.15, 0.2) is 0 Å². The first-order chi connectivity index (χ1) is 18.5. The highest BCUT2D eigenvalue weighted by atomic mass is 15.2. The van der Waals surface area contributed by atoms with Crippen molar-refractivity contribution in [2.45, 2.75) is 90.4 Å². The molecule has 0 aliphatic carbocycles. The van der Waals surface area contributed by atoms with E-state index in [1.165, 1.54) is 111 Å². The van der Waals surface area contributed by atoms with Gasteiger partial charge in [-0.1, -0.05) is 0 Å². The van der Waals surface area contributed by atoms with Crippen molar-refractivity contribution >= 4 is 0 Å². The van der Waals surface area contributed by atoms with Crippen molar-refractivity contribution in [2.75, 3.05) is 72.0 Å². The second kappa shape index (κ2) is 12.3. The number of fused-ring (bicyclic) bond motifs is 3. The van der Waals surface area contributed by atoms with Gasteiger partial charge in [0, 0.05) is 50.3 Å². The monoisotopic (exact) mass is 528 g/mol. The number of rotatable bonds is 7. The van der Waals surface area contributed by atoms with Crippen LogP contribution < -0.4 is 16.0 Å². The summed E-state index contributed by atoms with van der Waals surface area (Å²) in [5.41, 5.74) is 0. The largest absolute Gasteiger partial charge is 0.316 e. The van der Waals surface area contributed by atoms with Gasteiger partial charge >= 0.3 is 0 Å². The molecule has 6 heteroatoms. The fraction of sp³-hybridized carbons (Fsp3) is 1.00. The molecule has 0 bridgehead atoms. The maximum absolute atomic E-state index is 4.11. The zero-order chi connectivity index (χ0) is 26.2. The van der Waals surface area contributed by atoms with Crippen molar-refractivity contribution < 1.29 is 0 Å². The first-order valence-electron chi connectivity index (χ1n) is 16.8. The van der Waals surface area contributed by atoms with Crippen molar-refractivity contribution in [2.24, 2.45) is 41.4 Å². The predicted molar refractivity (Wildman–Crippen MR) is 158 cm³/mol. The average molecular weight is 529 g/mol. The molecule has 0 aromatic carbocycles. The van der Waals surface area contributed by atoms with E-state index < -0.39 is 0 Å². The van der Waals surface area contributed by atoms with E-state index in [0.717, 1.165) is 53.5 Å². The molecule has 10 atom stereocenters. The molecule has 0 aromatic rings. The molecule has 0 spiro atoms. The van der Waals surface area contributed by atoms with Gasteiger partial charge in [0.1, 0.15) is 0 Å². The Balaban J connectivity index is 1.04. The van der Waals surface area contributed by atoms with E-state index in [1.54, 1.807) is 0 Å². The molecule has 218 valence electrons. The quantitative estimate of drug-likeness (QED) is 0.472. The van der Waals surface area contributed by atoms with Gasteiger partial charge in [0.15, 0.2) is 0 Å². The summed E-state index contributed by atoms with van der Waals surface area (Å²) >= 11 is 0. The third-order valence-electron chi connectivity index (χ3n) is 12.5.